The quantitative estimate of drug-likeness (QED) is 0.372. The maximum Gasteiger partial charge on any atom is 0.191 e. The molecule has 26 heavy (non-hydrogen) atoms. The van der Waals surface area contributed by atoms with Crippen molar-refractivity contribution in [2.75, 3.05) is 46.6 Å². The summed E-state index contributed by atoms with van der Waals surface area (Å²) in [6.45, 7) is 7.27. The third-order valence-corrected chi connectivity index (χ3v) is 6.42. The first-order valence-electron chi connectivity index (χ1n) is 10.5. The molecule has 2 saturated carbocycles. The Morgan fingerprint density at radius 3 is 2.73 bits per heavy atom. The smallest absolute Gasteiger partial charge is 0.191 e. The molecule has 1 heterocycles. The molecule has 2 atom stereocenters. The number of nitrogens with zero attached hydrogens (tertiary/aromatic N) is 1. The third kappa shape index (κ3) is 4.70. The van der Waals surface area contributed by atoms with E-state index in [4.69, 9.17) is 14.2 Å². The zero-order chi connectivity index (χ0) is 18.2. The highest BCUT2D eigenvalue weighted by Crippen LogP contribution is 2.57. The molecule has 0 radical (unpaired) electrons. The van der Waals surface area contributed by atoms with Crippen molar-refractivity contribution in [3.63, 3.8) is 0 Å². The normalized spacial score (nSPS) is 28.5. The maximum atomic E-state index is 5.93. The third-order valence-electron chi connectivity index (χ3n) is 6.42. The molecule has 2 unspecified atom stereocenters. The van der Waals surface area contributed by atoms with E-state index >= 15 is 0 Å². The number of hydrogen-bond donors (Lipinski definition) is 2. The van der Waals surface area contributed by atoms with E-state index in [9.17, 15) is 0 Å². The summed E-state index contributed by atoms with van der Waals surface area (Å²) in [7, 11) is 1.85. The lowest BCUT2D eigenvalue weighted by Crippen LogP contribution is -2.68. The van der Waals surface area contributed by atoms with Crippen molar-refractivity contribution in [3.8, 4) is 0 Å². The molecule has 0 amide bonds. The molecule has 2 aliphatic carbocycles. The molecular weight excluding hydrogens is 330 g/mol. The monoisotopic (exact) mass is 367 g/mol. The molecule has 6 nitrogen and oxygen atoms in total. The minimum absolute atomic E-state index is 0.362. The van der Waals surface area contributed by atoms with Crippen molar-refractivity contribution >= 4 is 5.96 Å². The lowest BCUT2D eigenvalue weighted by atomic mass is 9.51. The molecule has 0 bridgehead atoms. The lowest BCUT2D eigenvalue weighted by molar-refractivity contribution is -0.168. The fraction of sp³-hybridized carbons (Fsp3) is 0.950. The predicted molar refractivity (Wildman–Crippen MR) is 104 cm³/mol. The Labute approximate surface area is 158 Å². The van der Waals surface area contributed by atoms with Gasteiger partial charge >= 0.3 is 0 Å². The molecule has 1 aliphatic heterocycles. The zero-order valence-corrected chi connectivity index (χ0v) is 16.6. The molecular formula is C20H37N3O3. The lowest BCUT2D eigenvalue weighted by Gasteiger charge is -2.61. The zero-order valence-electron chi connectivity index (χ0n) is 16.6. The molecule has 0 aromatic heterocycles. The van der Waals surface area contributed by atoms with Gasteiger partial charge in [-0.3, -0.25) is 4.99 Å². The van der Waals surface area contributed by atoms with Crippen molar-refractivity contribution in [1.82, 2.24) is 10.6 Å². The second-order valence-corrected chi connectivity index (χ2v) is 7.95. The van der Waals surface area contributed by atoms with E-state index in [1.165, 1.54) is 19.3 Å². The van der Waals surface area contributed by atoms with E-state index in [-0.39, 0.29) is 0 Å². The van der Waals surface area contributed by atoms with Crippen molar-refractivity contribution in [2.45, 2.75) is 64.0 Å². The molecule has 3 rings (SSSR count). The molecule has 0 aromatic carbocycles. The van der Waals surface area contributed by atoms with Crippen LogP contribution in [0.2, 0.25) is 0 Å². The van der Waals surface area contributed by atoms with E-state index in [1.54, 1.807) is 0 Å². The van der Waals surface area contributed by atoms with Gasteiger partial charge < -0.3 is 24.8 Å². The van der Waals surface area contributed by atoms with Crippen LogP contribution >= 0.6 is 0 Å². The SMILES string of the molecule is CCOC1CC(NC(=NC)NCCCOCC2CCOCC2)C12CCC2. The Kier molecular flexibility index (Phi) is 7.58. The molecule has 1 spiro atoms. The van der Waals surface area contributed by atoms with Crippen molar-refractivity contribution in [1.29, 1.82) is 0 Å². The Morgan fingerprint density at radius 2 is 2.08 bits per heavy atom. The minimum Gasteiger partial charge on any atom is -0.381 e. The molecule has 150 valence electrons. The summed E-state index contributed by atoms with van der Waals surface area (Å²) in [5.41, 5.74) is 0.362. The summed E-state index contributed by atoms with van der Waals surface area (Å²) in [5, 5.41) is 7.07. The van der Waals surface area contributed by atoms with Gasteiger partial charge in [0, 0.05) is 58.1 Å². The highest BCUT2D eigenvalue weighted by atomic mass is 16.5. The first-order chi connectivity index (χ1) is 12.8. The van der Waals surface area contributed by atoms with E-state index in [1.807, 2.05) is 7.05 Å². The van der Waals surface area contributed by atoms with Crippen LogP contribution in [0.15, 0.2) is 4.99 Å². The van der Waals surface area contributed by atoms with Gasteiger partial charge in [-0.2, -0.15) is 0 Å². The fourth-order valence-corrected chi connectivity index (χ4v) is 4.54. The largest absolute Gasteiger partial charge is 0.381 e. The standard InChI is InChI=1S/C20H37N3O3/c1-3-26-18-14-17(20(18)8-4-9-20)23-19(21-2)22-10-5-11-25-15-16-6-12-24-13-7-16/h16-18H,3-15H2,1-2H3,(H2,21,22,23). The van der Waals surface area contributed by atoms with Crippen LogP contribution in [0.4, 0.5) is 0 Å². The maximum absolute atomic E-state index is 5.93. The Hall–Kier alpha value is -0.850. The average molecular weight is 368 g/mol. The fourth-order valence-electron chi connectivity index (χ4n) is 4.54. The van der Waals surface area contributed by atoms with Crippen LogP contribution in [0.1, 0.15) is 51.9 Å². The van der Waals surface area contributed by atoms with Gasteiger partial charge in [0.25, 0.3) is 0 Å². The van der Waals surface area contributed by atoms with Crippen LogP contribution in [0, 0.1) is 11.3 Å². The summed E-state index contributed by atoms with van der Waals surface area (Å²) in [6, 6.07) is 0.503. The average Bonchev–Trinajstić information content (AvgIpc) is 2.61. The van der Waals surface area contributed by atoms with E-state index in [2.05, 4.69) is 22.5 Å². The highest BCUT2D eigenvalue weighted by molar-refractivity contribution is 5.80. The summed E-state index contributed by atoms with van der Waals surface area (Å²) >= 11 is 0. The molecule has 1 saturated heterocycles. The number of hydrogen-bond acceptors (Lipinski definition) is 4. The van der Waals surface area contributed by atoms with Crippen LogP contribution in [-0.2, 0) is 14.2 Å². The second kappa shape index (κ2) is 9.90. The van der Waals surface area contributed by atoms with Gasteiger partial charge in [-0.15, -0.1) is 0 Å². The first-order valence-corrected chi connectivity index (χ1v) is 10.5. The Bertz CT molecular complexity index is 448. The second-order valence-electron chi connectivity index (χ2n) is 7.95. The van der Waals surface area contributed by atoms with Crippen LogP contribution < -0.4 is 10.6 Å². The van der Waals surface area contributed by atoms with Crippen LogP contribution in [-0.4, -0.2) is 64.7 Å². The van der Waals surface area contributed by atoms with Crippen molar-refractivity contribution in [2.24, 2.45) is 16.3 Å². The number of guanidine groups is 1. The van der Waals surface area contributed by atoms with Gasteiger partial charge in [0.1, 0.15) is 0 Å². The van der Waals surface area contributed by atoms with Gasteiger partial charge in [-0.25, -0.2) is 0 Å². The number of ether oxygens (including phenoxy) is 3. The summed E-state index contributed by atoms with van der Waals surface area (Å²) in [4.78, 5) is 4.39. The molecule has 0 aromatic rings. The van der Waals surface area contributed by atoms with Gasteiger partial charge in [-0.1, -0.05) is 6.42 Å². The number of rotatable bonds is 9. The van der Waals surface area contributed by atoms with Crippen LogP contribution in [0.25, 0.3) is 0 Å². The predicted octanol–water partition coefficient (Wildman–Crippen LogP) is 2.33. The summed E-state index contributed by atoms with van der Waals surface area (Å²) in [5.74, 6) is 1.60. The van der Waals surface area contributed by atoms with Gasteiger partial charge in [0.05, 0.1) is 6.10 Å². The van der Waals surface area contributed by atoms with Gasteiger partial charge in [0.15, 0.2) is 5.96 Å². The Morgan fingerprint density at radius 1 is 1.27 bits per heavy atom. The van der Waals surface area contributed by atoms with Crippen LogP contribution in [0.3, 0.4) is 0 Å². The van der Waals surface area contributed by atoms with E-state index in [0.29, 0.717) is 23.5 Å². The topological polar surface area (TPSA) is 64.1 Å². The first kappa shape index (κ1) is 19.9. The van der Waals surface area contributed by atoms with E-state index < -0.39 is 0 Å². The minimum atomic E-state index is 0.362. The van der Waals surface area contributed by atoms with Gasteiger partial charge in [-0.05, 0) is 51.4 Å². The summed E-state index contributed by atoms with van der Waals surface area (Å²) in [6.07, 6.45) is 8.72. The van der Waals surface area contributed by atoms with E-state index in [0.717, 1.165) is 71.2 Å². The summed E-state index contributed by atoms with van der Waals surface area (Å²) < 4.78 is 17.1. The van der Waals surface area contributed by atoms with Gasteiger partial charge in [0.2, 0.25) is 0 Å². The number of aliphatic imine (C=N–C) groups is 1. The molecule has 6 heteroatoms. The Balaban J connectivity index is 1.28. The van der Waals surface area contributed by atoms with Crippen molar-refractivity contribution < 1.29 is 14.2 Å². The van der Waals surface area contributed by atoms with Crippen molar-refractivity contribution in [3.05, 3.63) is 0 Å². The molecule has 3 fully saturated rings. The molecule has 3 aliphatic rings. The highest BCUT2D eigenvalue weighted by Gasteiger charge is 2.59. The number of nitrogens with one attached hydrogen (secondary N) is 2. The molecule has 2 N–H and O–H groups in total. The van der Waals surface area contributed by atoms with Crippen LogP contribution in [0.5, 0.6) is 0 Å².